The van der Waals surface area contributed by atoms with E-state index in [0.29, 0.717) is 10.7 Å². The van der Waals surface area contributed by atoms with Crippen molar-refractivity contribution >= 4 is 29.1 Å². The van der Waals surface area contributed by atoms with Crippen molar-refractivity contribution in [2.45, 2.75) is 33.6 Å². The molecule has 3 rings (SSSR count). The fourth-order valence-electron chi connectivity index (χ4n) is 3.65. The maximum atomic E-state index is 12.9. The fourth-order valence-corrected chi connectivity index (χ4v) is 3.78. The number of carbonyl (C=O) groups excluding carboxylic acids is 2. The van der Waals surface area contributed by atoms with Crippen LogP contribution in [0.1, 0.15) is 33.6 Å². The molecule has 1 aliphatic heterocycles. The number of anilines is 1. The predicted octanol–water partition coefficient (Wildman–Crippen LogP) is 3.66. The topological polar surface area (TPSA) is 37.4 Å². The molecule has 0 aromatic heterocycles. The Bertz CT molecular complexity index is 593. The molecule has 20 heavy (non-hydrogen) atoms. The van der Waals surface area contributed by atoms with Crippen LogP contribution >= 0.6 is 11.6 Å². The molecule has 2 amide bonds. The monoisotopic (exact) mass is 291 g/mol. The molecule has 4 heteroatoms. The van der Waals surface area contributed by atoms with Crippen LogP contribution in [-0.4, -0.2) is 11.8 Å². The number of fused-ring (bicyclic) bond motifs is 2. The molecule has 1 saturated heterocycles. The lowest BCUT2D eigenvalue weighted by Gasteiger charge is -2.47. The highest BCUT2D eigenvalue weighted by Crippen LogP contribution is 2.60. The van der Waals surface area contributed by atoms with Crippen LogP contribution in [0.25, 0.3) is 0 Å². The Morgan fingerprint density at radius 1 is 1.15 bits per heavy atom. The van der Waals surface area contributed by atoms with Crippen LogP contribution in [0.4, 0.5) is 5.69 Å². The fraction of sp³-hybridized carbons (Fsp3) is 0.500. The number of benzene rings is 1. The minimum absolute atomic E-state index is 0.0719. The van der Waals surface area contributed by atoms with Crippen molar-refractivity contribution in [1.82, 2.24) is 0 Å². The number of nitrogens with zero attached hydrogens (tertiary/aromatic N) is 1. The first-order valence-corrected chi connectivity index (χ1v) is 7.31. The third-order valence-electron chi connectivity index (χ3n) is 5.50. The molecule has 1 aromatic carbocycles. The highest BCUT2D eigenvalue weighted by Gasteiger charge is 2.64. The number of piperidine rings is 1. The summed E-state index contributed by atoms with van der Waals surface area (Å²) in [7, 11) is 0. The Labute approximate surface area is 123 Å². The summed E-state index contributed by atoms with van der Waals surface area (Å²) in [6.07, 6.45) is 1.57. The second kappa shape index (κ2) is 4.08. The number of hydrogen-bond donors (Lipinski definition) is 0. The van der Waals surface area contributed by atoms with Crippen LogP contribution in [0.3, 0.4) is 0 Å². The van der Waals surface area contributed by atoms with Crippen molar-refractivity contribution in [3.8, 4) is 0 Å². The highest BCUT2D eigenvalue weighted by atomic mass is 35.5. The SMILES string of the molecule is CC1(C)[C@@H]2CC[C@]1(C)C(=O)N(c1ccc(Cl)cc1)C2=O. The van der Waals surface area contributed by atoms with Gasteiger partial charge in [-0.3, -0.25) is 9.59 Å². The van der Waals surface area contributed by atoms with Crippen molar-refractivity contribution in [2.24, 2.45) is 16.7 Å². The molecule has 1 aliphatic carbocycles. The second-order valence-corrected chi connectivity index (χ2v) is 7.04. The van der Waals surface area contributed by atoms with Crippen molar-refractivity contribution in [1.29, 1.82) is 0 Å². The Balaban J connectivity index is 2.09. The largest absolute Gasteiger partial charge is 0.274 e. The zero-order valence-electron chi connectivity index (χ0n) is 11.9. The average Bonchev–Trinajstić information content (AvgIpc) is 2.57. The number of rotatable bonds is 1. The molecule has 1 heterocycles. The number of imide groups is 1. The lowest BCUT2D eigenvalue weighted by atomic mass is 9.62. The zero-order valence-corrected chi connectivity index (χ0v) is 12.7. The molecule has 2 atom stereocenters. The van der Waals surface area contributed by atoms with E-state index in [0.717, 1.165) is 12.8 Å². The van der Waals surface area contributed by atoms with Gasteiger partial charge in [-0.25, -0.2) is 4.90 Å². The Morgan fingerprint density at radius 2 is 1.75 bits per heavy atom. The quantitative estimate of drug-likeness (QED) is 0.741. The van der Waals surface area contributed by atoms with Gasteiger partial charge < -0.3 is 0 Å². The smallest absolute Gasteiger partial charge is 0.240 e. The van der Waals surface area contributed by atoms with E-state index in [1.807, 2.05) is 20.8 Å². The summed E-state index contributed by atoms with van der Waals surface area (Å²) >= 11 is 5.88. The number of hydrogen-bond acceptors (Lipinski definition) is 2. The van der Waals surface area contributed by atoms with E-state index in [2.05, 4.69) is 0 Å². The van der Waals surface area contributed by atoms with E-state index in [-0.39, 0.29) is 23.1 Å². The molecule has 0 unspecified atom stereocenters. The lowest BCUT2D eigenvalue weighted by molar-refractivity contribution is -0.146. The average molecular weight is 292 g/mol. The molecule has 2 bridgehead atoms. The van der Waals surface area contributed by atoms with Crippen molar-refractivity contribution in [3.63, 3.8) is 0 Å². The summed E-state index contributed by atoms with van der Waals surface area (Å²) in [5.74, 6) is -0.234. The number of halogens is 1. The highest BCUT2D eigenvalue weighted by molar-refractivity contribution is 6.30. The van der Waals surface area contributed by atoms with Crippen LogP contribution in [-0.2, 0) is 9.59 Å². The van der Waals surface area contributed by atoms with Gasteiger partial charge in [-0.1, -0.05) is 32.4 Å². The Hall–Kier alpha value is -1.35. The van der Waals surface area contributed by atoms with Gasteiger partial charge in [0.1, 0.15) is 0 Å². The second-order valence-electron chi connectivity index (χ2n) is 6.60. The zero-order chi connectivity index (χ0) is 14.7. The van der Waals surface area contributed by atoms with Crippen LogP contribution < -0.4 is 4.90 Å². The maximum absolute atomic E-state index is 12.9. The van der Waals surface area contributed by atoms with Crippen molar-refractivity contribution < 1.29 is 9.59 Å². The number of carbonyl (C=O) groups is 2. The molecule has 3 nitrogen and oxygen atoms in total. The minimum atomic E-state index is -0.467. The van der Waals surface area contributed by atoms with Gasteiger partial charge in [0.25, 0.3) is 0 Å². The maximum Gasteiger partial charge on any atom is 0.240 e. The van der Waals surface area contributed by atoms with Gasteiger partial charge in [-0.05, 0) is 42.5 Å². The van der Waals surface area contributed by atoms with Crippen molar-refractivity contribution in [2.75, 3.05) is 4.90 Å². The molecule has 1 saturated carbocycles. The Kier molecular flexibility index (Phi) is 2.78. The van der Waals surface area contributed by atoms with Gasteiger partial charge in [0.15, 0.2) is 0 Å². The summed E-state index contributed by atoms with van der Waals surface area (Å²) in [6, 6.07) is 6.89. The standard InChI is InChI=1S/C16H18ClNO2/c1-15(2)12-8-9-16(15,3)14(20)18(13(12)19)11-6-4-10(17)5-7-11/h4-7,12H,8-9H2,1-3H3/t12-,16-/m1/s1. The third-order valence-corrected chi connectivity index (χ3v) is 5.76. The number of amides is 2. The van der Waals surface area contributed by atoms with Gasteiger partial charge in [0, 0.05) is 10.9 Å². The first-order valence-electron chi connectivity index (χ1n) is 6.93. The molecule has 0 spiro atoms. The molecule has 0 N–H and O–H groups in total. The summed E-state index contributed by atoms with van der Waals surface area (Å²) in [6.45, 7) is 6.07. The summed E-state index contributed by atoms with van der Waals surface area (Å²) in [5.41, 5.74) is -0.118. The first-order chi connectivity index (χ1) is 9.29. The van der Waals surface area contributed by atoms with E-state index in [1.165, 1.54) is 4.90 Å². The molecule has 2 fully saturated rings. The van der Waals surface area contributed by atoms with Gasteiger partial charge in [-0.15, -0.1) is 0 Å². The summed E-state index contributed by atoms with van der Waals surface area (Å²) in [4.78, 5) is 27.0. The molecular weight excluding hydrogens is 274 g/mol. The van der Waals surface area contributed by atoms with E-state index in [1.54, 1.807) is 24.3 Å². The van der Waals surface area contributed by atoms with Gasteiger partial charge in [0.05, 0.1) is 11.1 Å². The first kappa shape index (κ1) is 13.6. The van der Waals surface area contributed by atoms with Crippen LogP contribution in [0.5, 0.6) is 0 Å². The molecular formula is C16H18ClNO2. The van der Waals surface area contributed by atoms with Crippen molar-refractivity contribution in [3.05, 3.63) is 29.3 Å². The molecule has 0 radical (unpaired) electrons. The lowest BCUT2D eigenvalue weighted by Crippen LogP contribution is -2.59. The molecule has 106 valence electrons. The van der Waals surface area contributed by atoms with Gasteiger partial charge in [-0.2, -0.15) is 0 Å². The minimum Gasteiger partial charge on any atom is -0.274 e. The van der Waals surface area contributed by atoms with Crippen LogP contribution in [0, 0.1) is 16.7 Å². The van der Waals surface area contributed by atoms with Gasteiger partial charge in [0.2, 0.25) is 11.8 Å². The normalized spacial score (nSPS) is 31.8. The molecule has 1 aromatic rings. The van der Waals surface area contributed by atoms with Gasteiger partial charge >= 0.3 is 0 Å². The van der Waals surface area contributed by atoms with E-state index in [9.17, 15) is 9.59 Å². The molecule has 2 aliphatic rings. The predicted molar refractivity (Wildman–Crippen MR) is 78.6 cm³/mol. The van der Waals surface area contributed by atoms with E-state index >= 15 is 0 Å². The van der Waals surface area contributed by atoms with E-state index in [4.69, 9.17) is 11.6 Å². The summed E-state index contributed by atoms with van der Waals surface area (Å²) in [5, 5.41) is 0.597. The third kappa shape index (κ3) is 1.53. The van der Waals surface area contributed by atoms with Crippen LogP contribution in [0.15, 0.2) is 24.3 Å². The van der Waals surface area contributed by atoms with E-state index < -0.39 is 5.41 Å². The summed E-state index contributed by atoms with van der Waals surface area (Å²) < 4.78 is 0. The Morgan fingerprint density at radius 3 is 2.35 bits per heavy atom. The van der Waals surface area contributed by atoms with Crippen LogP contribution in [0.2, 0.25) is 5.02 Å².